The van der Waals surface area contributed by atoms with E-state index in [4.69, 9.17) is 9.31 Å². The van der Waals surface area contributed by atoms with Gasteiger partial charge in [0.25, 0.3) is 6.08 Å². The fourth-order valence-electron chi connectivity index (χ4n) is 1.54. The highest BCUT2D eigenvalue weighted by molar-refractivity contribution is 6.61. The molecule has 0 aliphatic carbocycles. The summed E-state index contributed by atoms with van der Waals surface area (Å²) in [6.07, 6.45) is 1.04. The smallest absolute Gasteiger partial charge is 0.398 e. The Kier molecular flexibility index (Phi) is 2.40. The molecule has 0 saturated carbocycles. The van der Waals surface area contributed by atoms with E-state index >= 15 is 0 Å². The molecule has 88 valence electrons. The number of hydrogen-bond donors (Lipinski definition) is 0. The molecule has 1 aliphatic heterocycles. The zero-order valence-corrected chi connectivity index (χ0v) is 10.2. The third-order valence-corrected chi connectivity index (χ3v) is 3.33. The van der Waals surface area contributed by atoms with Crippen molar-refractivity contribution < 1.29 is 13.7 Å². The maximum Gasteiger partial charge on any atom is 0.516 e. The Morgan fingerprint density at radius 2 is 1.75 bits per heavy atom. The predicted molar refractivity (Wildman–Crippen MR) is 58.9 cm³/mol. The van der Waals surface area contributed by atoms with Gasteiger partial charge in [-0.3, -0.25) is 0 Å². The lowest BCUT2D eigenvalue weighted by Crippen LogP contribution is -2.41. The molecule has 1 aromatic rings. The van der Waals surface area contributed by atoms with Crippen molar-refractivity contribution in [3.05, 3.63) is 12.3 Å². The van der Waals surface area contributed by atoms with Crippen molar-refractivity contribution in [2.75, 3.05) is 0 Å². The topological polar surface area (TPSA) is 36.3 Å². The van der Waals surface area contributed by atoms with Crippen LogP contribution in [0.4, 0.5) is 4.39 Å². The van der Waals surface area contributed by atoms with Gasteiger partial charge in [-0.05, 0) is 27.7 Å². The number of rotatable bonds is 1. The van der Waals surface area contributed by atoms with Crippen LogP contribution in [0.1, 0.15) is 27.7 Å². The van der Waals surface area contributed by atoms with Gasteiger partial charge in [0.1, 0.15) is 0 Å². The van der Waals surface area contributed by atoms with E-state index in [9.17, 15) is 4.39 Å². The summed E-state index contributed by atoms with van der Waals surface area (Å²) in [5.74, 6) is 0. The summed E-state index contributed by atoms with van der Waals surface area (Å²) in [7, 11) is 0.998. The van der Waals surface area contributed by atoms with E-state index in [2.05, 4.69) is 4.98 Å². The van der Waals surface area contributed by atoms with Gasteiger partial charge in [0, 0.05) is 13.2 Å². The molecule has 1 fully saturated rings. The zero-order valence-electron chi connectivity index (χ0n) is 10.2. The first-order valence-electron chi connectivity index (χ1n) is 5.27. The van der Waals surface area contributed by atoms with Gasteiger partial charge in [-0.2, -0.15) is 4.39 Å². The maximum absolute atomic E-state index is 13.1. The van der Waals surface area contributed by atoms with Crippen LogP contribution in [-0.4, -0.2) is 27.9 Å². The van der Waals surface area contributed by atoms with Crippen LogP contribution in [0, 0.1) is 6.08 Å². The molecule has 1 aromatic heterocycles. The molecule has 0 N–H and O–H groups in total. The fourth-order valence-corrected chi connectivity index (χ4v) is 1.54. The minimum absolute atomic E-state index is 0.425. The van der Waals surface area contributed by atoms with E-state index in [1.165, 1.54) is 4.57 Å². The first-order chi connectivity index (χ1) is 7.23. The van der Waals surface area contributed by atoms with E-state index in [1.54, 1.807) is 13.2 Å². The van der Waals surface area contributed by atoms with Gasteiger partial charge < -0.3 is 13.9 Å². The van der Waals surface area contributed by atoms with Gasteiger partial charge in [-0.15, -0.1) is 0 Å². The standard InChI is InChI=1S/C10H16BFN2O2/c1-9(2)10(3,4)16-11(15-9)7-6-14(5)8(12)13-7/h6H,1-5H3. The van der Waals surface area contributed by atoms with E-state index in [0.29, 0.717) is 5.59 Å². The molecule has 0 amide bonds. The van der Waals surface area contributed by atoms with E-state index in [0.717, 1.165) is 0 Å². The van der Waals surface area contributed by atoms with Crippen molar-refractivity contribution in [1.29, 1.82) is 0 Å². The number of aromatic nitrogens is 2. The molecule has 16 heavy (non-hydrogen) atoms. The molecule has 4 nitrogen and oxygen atoms in total. The quantitative estimate of drug-likeness (QED) is 0.666. The molecular weight excluding hydrogens is 210 g/mol. The number of nitrogens with zero attached hydrogens (tertiary/aromatic N) is 2. The van der Waals surface area contributed by atoms with Crippen LogP contribution >= 0.6 is 0 Å². The van der Waals surface area contributed by atoms with E-state index in [1.807, 2.05) is 27.7 Å². The third-order valence-electron chi connectivity index (χ3n) is 3.33. The Bertz CT molecular complexity index is 381. The van der Waals surface area contributed by atoms with Crippen LogP contribution < -0.4 is 5.59 Å². The minimum atomic E-state index is -0.597. The summed E-state index contributed by atoms with van der Waals surface area (Å²) in [6, 6.07) is 0. The second-order valence-electron chi connectivity index (χ2n) is 5.13. The molecular formula is C10H16BFN2O2. The Hall–Kier alpha value is -0.875. The van der Waals surface area contributed by atoms with Crippen molar-refractivity contribution in [3.63, 3.8) is 0 Å². The number of aryl methyl sites for hydroxylation is 1. The predicted octanol–water partition coefficient (Wildman–Crippen LogP) is 0.858. The summed E-state index contributed by atoms with van der Waals surface area (Å²) in [5, 5.41) is 0. The fraction of sp³-hybridized carbons (Fsp3) is 0.700. The van der Waals surface area contributed by atoms with E-state index in [-0.39, 0.29) is 0 Å². The Labute approximate surface area is 94.9 Å². The van der Waals surface area contributed by atoms with Crippen LogP contribution in [-0.2, 0) is 16.4 Å². The number of hydrogen-bond acceptors (Lipinski definition) is 3. The van der Waals surface area contributed by atoms with Crippen molar-refractivity contribution in [2.24, 2.45) is 7.05 Å². The molecule has 2 rings (SSSR count). The zero-order chi connectivity index (χ0) is 12.1. The highest BCUT2D eigenvalue weighted by Gasteiger charge is 2.52. The van der Waals surface area contributed by atoms with Crippen molar-refractivity contribution in [3.8, 4) is 0 Å². The molecule has 1 saturated heterocycles. The molecule has 0 unspecified atom stereocenters. The van der Waals surface area contributed by atoms with Crippen LogP contribution in [0.3, 0.4) is 0 Å². The van der Waals surface area contributed by atoms with Crippen LogP contribution in [0.25, 0.3) is 0 Å². The summed E-state index contributed by atoms with van der Waals surface area (Å²) < 4.78 is 25.9. The molecule has 2 heterocycles. The lowest BCUT2D eigenvalue weighted by Gasteiger charge is -2.32. The van der Waals surface area contributed by atoms with Crippen LogP contribution in [0.5, 0.6) is 0 Å². The highest BCUT2D eigenvalue weighted by Crippen LogP contribution is 2.36. The van der Waals surface area contributed by atoms with Crippen molar-refractivity contribution >= 4 is 12.7 Å². The summed E-state index contributed by atoms with van der Waals surface area (Å²) in [5.41, 5.74) is -0.379. The third kappa shape index (κ3) is 1.66. The first-order valence-corrected chi connectivity index (χ1v) is 5.27. The van der Waals surface area contributed by atoms with E-state index < -0.39 is 24.4 Å². The second-order valence-corrected chi connectivity index (χ2v) is 5.13. The average Bonchev–Trinajstić information content (AvgIpc) is 2.54. The summed E-state index contributed by atoms with van der Waals surface area (Å²) in [4.78, 5) is 3.77. The minimum Gasteiger partial charge on any atom is -0.398 e. The molecule has 6 heteroatoms. The molecule has 0 atom stereocenters. The van der Waals surface area contributed by atoms with Crippen LogP contribution in [0.15, 0.2) is 6.20 Å². The van der Waals surface area contributed by atoms with Gasteiger partial charge >= 0.3 is 7.12 Å². The normalized spacial score (nSPS) is 22.8. The largest absolute Gasteiger partial charge is 0.516 e. The lowest BCUT2D eigenvalue weighted by atomic mass is 9.86. The molecule has 1 aliphatic rings. The van der Waals surface area contributed by atoms with Crippen molar-refractivity contribution in [2.45, 2.75) is 38.9 Å². The molecule has 0 radical (unpaired) electrons. The first kappa shape index (κ1) is 11.6. The molecule has 0 spiro atoms. The SMILES string of the molecule is Cn1cc(B2OC(C)(C)C(C)(C)O2)nc1F. The Morgan fingerprint density at radius 3 is 2.12 bits per heavy atom. The molecule has 0 aromatic carbocycles. The monoisotopic (exact) mass is 226 g/mol. The average molecular weight is 226 g/mol. The lowest BCUT2D eigenvalue weighted by molar-refractivity contribution is 0.00578. The Balaban J connectivity index is 2.27. The van der Waals surface area contributed by atoms with Gasteiger partial charge in [-0.25, -0.2) is 4.98 Å². The maximum atomic E-state index is 13.1. The van der Waals surface area contributed by atoms with Gasteiger partial charge in [0.2, 0.25) is 0 Å². The van der Waals surface area contributed by atoms with Gasteiger partial charge in [0.15, 0.2) is 0 Å². The molecule has 0 bridgehead atoms. The summed E-state index contributed by atoms with van der Waals surface area (Å²) in [6.45, 7) is 7.80. The summed E-state index contributed by atoms with van der Waals surface area (Å²) >= 11 is 0. The number of imidazole rings is 1. The Morgan fingerprint density at radius 1 is 1.25 bits per heavy atom. The second kappa shape index (κ2) is 3.31. The van der Waals surface area contributed by atoms with Crippen molar-refractivity contribution in [1.82, 2.24) is 9.55 Å². The van der Waals surface area contributed by atoms with Gasteiger partial charge in [-0.1, -0.05) is 0 Å². The highest BCUT2D eigenvalue weighted by atomic mass is 19.1. The number of halogens is 1. The van der Waals surface area contributed by atoms with Crippen LogP contribution in [0.2, 0.25) is 0 Å². The van der Waals surface area contributed by atoms with Gasteiger partial charge in [0.05, 0.1) is 16.8 Å².